The number of carbonyl (C=O) groups excluding carboxylic acids is 1. The van der Waals surface area contributed by atoms with Crippen molar-refractivity contribution in [1.82, 2.24) is 4.98 Å². The molecule has 0 amide bonds. The van der Waals surface area contributed by atoms with Gasteiger partial charge in [-0.05, 0) is 47.0 Å². The number of hydrogen-bond donors (Lipinski definition) is 1. The predicted octanol–water partition coefficient (Wildman–Crippen LogP) is 8.10. The predicted molar refractivity (Wildman–Crippen MR) is 151 cm³/mol. The number of methoxy groups -OCH3 is 2. The second-order valence-corrected chi connectivity index (χ2v) is 9.55. The Morgan fingerprint density at radius 3 is 2.35 bits per heavy atom. The molecule has 3 aromatic carbocycles. The highest BCUT2D eigenvalue weighted by Gasteiger charge is 2.23. The molecule has 1 aromatic heterocycles. The molecule has 1 N–H and O–H groups in total. The van der Waals surface area contributed by atoms with Crippen molar-refractivity contribution in [3.8, 4) is 11.5 Å². The molecule has 0 radical (unpaired) electrons. The van der Waals surface area contributed by atoms with E-state index in [1.807, 2.05) is 0 Å². The van der Waals surface area contributed by atoms with E-state index in [4.69, 9.17) is 37.4 Å². The van der Waals surface area contributed by atoms with Crippen LogP contribution < -0.4 is 14.8 Å². The van der Waals surface area contributed by atoms with Gasteiger partial charge in [0.25, 0.3) is 6.43 Å². The Labute approximate surface area is 240 Å². The SMILES string of the molecule is COc1ccc([C@H](Cc2c(Cl)cncc2Cl)OC(=O)c2cccc(CNc3ccccc3C(F)F)c2)cc1OC. The molecular weight excluding hydrogens is 561 g/mol. The van der Waals surface area contributed by atoms with E-state index in [9.17, 15) is 13.6 Å². The number of halogens is 4. The fourth-order valence-corrected chi connectivity index (χ4v) is 4.67. The molecule has 4 rings (SSSR count). The van der Waals surface area contributed by atoms with E-state index >= 15 is 0 Å². The molecule has 0 spiro atoms. The summed E-state index contributed by atoms with van der Waals surface area (Å²) in [6.45, 7) is 0.228. The van der Waals surface area contributed by atoms with Crippen molar-refractivity contribution in [2.45, 2.75) is 25.5 Å². The summed E-state index contributed by atoms with van der Waals surface area (Å²) in [7, 11) is 3.04. The molecule has 4 aromatic rings. The van der Waals surface area contributed by atoms with E-state index in [1.165, 1.54) is 32.7 Å². The van der Waals surface area contributed by atoms with E-state index in [2.05, 4.69) is 10.3 Å². The molecule has 0 aliphatic rings. The average molecular weight is 587 g/mol. The maximum atomic E-state index is 13.4. The summed E-state index contributed by atoms with van der Waals surface area (Å²) < 4.78 is 43.4. The van der Waals surface area contributed by atoms with Crippen molar-refractivity contribution >= 4 is 34.9 Å². The number of rotatable bonds is 11. The van der Waals surface area contributed by atoms with Crippen molar-refractivity contribution in [3.05, 3.63) is 117 Å². The largest absolute Gasteiger partial charge is 0.493 e. The molecule has 1 atom stereocenters. The lowest BCUT2D eigenvalue weighted by Crippen LogP contribution is -2.15. The van der Waals surface area contributed by atoms with Crippen LogP contribution in [0.25, 0.3) is 0 Å². The van der Waals surface area contributed by atoms with Gasteiger partial charge in [0.05, 0.1) is 29.8 Å². The smallest absolute Gasteiger partial charge is 0.338 e. The van der Waals surface area contributed by atoms with Crippen LogP contribution in [0.15, 0.2) is 79.1 Å². The van der Waals surface area contributed by atoms with Crippen LogP contribution in [0.3, 0.4) is 0 Å². The third-order valence-electron chi connectivity index (χ3n) is 6.21. The fraction of sp³-hybridized carbons (Fsp3) is 0.200. The van der Waals surface area contributed by atoms with Gasteiger partial charge in [-0.15, -0.1) is 0 Å². The number of hydrogen-bond acceptors (Lipinski definition) is 6. The van der Waals surface area contributed by atoms with Gasteiger partial charge in [0, 0.05) is 36.6 Å². The zero-order valence-corrected chi connectivity index (χ0v) is 23.2. The average Bonchev–Trinajstić information content (AvgIpc) is 2.97. The number of esters is 1. The highest BCUT2D eigenvalue weighted by Crippen LogP contribution is 2.35. The minimum atomic E-state index is -2.61. The van der Waals surface area contributed by atoms with E-state index in [0.717, 1.165) is 0 Å². The van der Waals surface area contributed by atoms with E-state index in [1.54, 1.807) is 60.7 Å². The molecule has 6 nitrogen and oxygen atoms in total. The van der Waals surface area contributed by atoms with Gasteiger partial charge < -0.3 is 19.5 Å². The Balaban J connectivity index is 1.58. The topological polar surface area (TPSA) is 69.7 Å². The van der Waals surface area contributed by atoms with Crippen LogP contribution in [0.5, 0.6) is 11.5 Å². The molecule has 1 heterocycles. The van der Waals surface area contributed by atoms with Gasteiger partial charge in [-0.3, -0.25) is 4.98 Å². The second kappa shape index (κ2) is 13.5. The van der Waals surface area contributed by atoms with Gasteiger partial charge in [-0.25, -0.2) is 13.6 Å². The summed E-state index contributed by atoms with van der Waals surface area (Å²) in [6, 6.07) is 18.2. The van der Waals surface area contributed by atoms with Gasteiger partial charge in [0.15, 0.2) is 11.5 Å². The van der Waals surface area contributed by atoms with Crippen molar-refractivity contribution < 1.29 is 27.8 Å². The van der Waals surface area contributed by atoms with Gasteiger partial charge in [-0.1, -0.05) is 59.6 Å². The van der Waals surface area contributed by atoms with Crippen molar-refractivity contribution in [3.63, 3.8) is 0 Å². The van der Waals surface area contributed by atoms with Crippen LogP contribution in [-0.2, 0) is 17.7 Å². The molecule has 0 aliphatic heterocycles. The molecular formula is C30H26Cl2F2N2O4. The first-order valence-electron chi connectivity index (χ1n) is 12.2. The maximum absolute atomic E-state index is 13.4. The molecule has 0 fully saturated rings. The number of nitrogens with one attached hydrogen (secondary N) is 1. The van der Waals surface area contributed by atoms with Crippen LogP contribution in [-0.4, -0.2) is 25.2 Å². The summed E-state index contributed by atoms with van der Waals surface area (Å²) in [6.07, 6.45) is -0.282. The molecule has 0 bridgehead atoms. The molecule has 0 aliphatic carbocycles. The van der Waals surface area contributed by atoms with E-state index in [0.29, 0.717) is 49.5 Å². The van der Waals surface area contributed by atoms with Crippen LogP contribution in [0.1, 0.15) is 45.1 Å². The van der Waals surface area contributed by atoms with Crippen molar-refractivity contribution in [2.75, 3.05) is 19.5 Å². The number of ether oxygens (including phenoxy) is 3. The highest BCUT2D eigenvalue weighted by atomic mass is 35.5. The van der Waals surface area contributed by atoms with E-state index < -0.39 is 18.5 Å². The Kier molecular flexibility index (Phi) is 9.79. The fourth-order valence-electron chi connectivity index (χ4n) is 4.15. The normalized spacial score (nSPS) is 11.7. The minimum Gasteiger partial charge on any atom is -0.493 e. The molecule has 0 saturated heterocycles. The molecule has 40 heavy (non-hydrogen) atoms. The van der Waals surface area contributed by atoms with E-state index in [-0.39, 0.29) is 18.5 Å². The second-order valence-electron chi connectivity index (χ2n) is 8.74. The molecule has 208 valence electrons. The summed E-state index contributed by atoms with van der Waals surface area (Å²) >= 11 is 12.7. The summed E-state index contributed by atoms with van der Waals surface area (Å²) in [5.41, 5.74) is 2.44. The lowest BCUT2D eigenvalue weighted by atomic mass is 10.0. The first kappa shape index (κ1) is 29.1. The third-order valence-corrected chi connectivity index (χ3v) is 6.86. The highest BCUT2D eigenvalue weighted by molar-refractivity contribution is 6.35. The van der Waals surface area contributed by atoms with Gasteiger partial charge >= 0.3 is 5.97 Å². The maximum Gasteiger partial charge on any atom is 0.338 e. The number of anilines is 1. The summed E-state index contributed by atoms with van der Waals surface area (Å²) in [5.74, 6) is 0.394. The van der Waals surface area contributed by atoms with Gasteiger partial charge in [0.2, 0.25) is 0 Å². The number of aromatic nitrogens is 1. The Morgan fingerprint density at radius 1 is 0.925 bits per heavy atom. The van der Waals surface area contributed by atoms with Crippen LogP contribution in [0, 0.1) is 0 Å². The number of nitrogens with zero attached hydrogens (tertiary/aromatic N) is 1. The lowest BCUT2D eigenvalue weighted by molar-refractivity contribution is 0.0297. The number of benzene rings is 3. The first-order chi connectivity index (χ1) is 19.3. The first-order valence-corrected chi connectivity index (χ1v) is 13.0. The van der Waals surface area contributed by atoms with Crippen molar-refractivity contribution in [1.29, 1.82) is 0 Å². The van der Waals surface area contributed by atoms with Crippen LogP contribution in [0.2, 0.25) is 10.0 Å². The Hall–Kier alpha value is -3.88. The molecule has 0 unspecified atom stereocenters. The molecule has 0 saturated carbocycles. The minimum absolute atomic E-state index is 0.0933. The van der Waals surface area contributed by atoms with Crippen molar-refractivity contribution in [2.24, 2.45) is 0 Å². The number of para-hydroxylation sites is 1. The standard InChI is InChI=1S/C30H26Cl2F2N2O4/c1-38-26-11-10-19(13-28(26)39-2)27(14-22-23(31)16-35-17-24(22)32)40-30(37)20-7-5-6-18(12-20)15-36-25-9-4-3-8-21(25)29(33)34/h3-13,16-17,27,29,36H,14-15H2,1-2H3/t27-/m0/s1. The monoisotopic (exact) mass is 586 g/mol. The number of pyridine rings is 1. The number of alkyl halides is 2. The van der Waals surface area contributed by atoms with Crippen LogP contribution >= 0.6 is 23.2 Å². The Morgan fingerprint density at radius 2 is 1.65 bits per heavy atom. The summed E-state index contributed by atoms with van der Waals surface area (Å²) in [5, 5.41) is 3.70. The zero-order chi connectivity index (χ0) is 28.6. The van der Waals surface area contributed by atoms with Gasteiger partial charge in [-0.2, -0.15) is 0 Å². The summed E-state index contributed by atoms with van der Waals surface area (Å²) in [4.78, 5) is 17.4. The lowest BCUT2D eigenvalue weighted by Gasteiger charge is -2.21. The quantitative estimate of drug-likeness (QED) is 0.179. The molecule has 10 heteroatoms. The van der Waals surface area contributed by atoms with Crippen LogP contribution in [0.4, 0.5) is 14.5 Å². The van der Waals surface area contributed by atoms with Gasteiger partial charge in [0.1, 0.15) is 6.10 Å². The Bertz CT molecular complexity index is 1470. The number of carbonyl (C=O) groups is 1. The zero-order valence-electron chi connectivity index (χ0n) is 21.7. The third kappa shape index (κ3) is 7.00.